The fourth-order valence-corrected chi connectivity index (χ4v) is 4.30. The van der Waals surface area contributed by atoms with Gasteiger partial charge in [0.2, 0.25) is 0 Å². The largest absolute Gasteiger partial charge is 0.339 e. The molecule has 0 saturated carbocycles. The van der Waals surface area contributed by atoms with Gasteiger partial charge in [-0.2, -0.15) is 0 Å². The molecule has 0 spiro atoms. The zero-order chi connectivity index (χ0) is 19.8. The predicted molar refractivity (Wildman–Crippen MR) is 122 cm³/mol. The van der Waals surface area contributed by atoms with Gasteiger partial charge in [-0.3, -0.25) is 4.40 Å². The molecule has 4 aromatic rings. The highest BCUT2D eigenvalue weighted by atomic mass is 127. The molecule has 0 bridgehead atoms. The van der Waals surface area contributed by atoms with Crippen LogP contribution >= 0.6 is 22.6 Å². The minimum Gasteiger partial charge on any atom is -0.339 e. The first-order valence-corrected chi connectivity index (χ1v) is 10.4. The maximum Gasteiger partial charge on any atom is 0.143 e. The molecule has 3 nitrogen and oxygen atoms in total. The van der Waals surface area contributed by atoms with Gasteiger partial charge in [-0.1, -0.05) is 37.3 Å². The second kappa shape index (κ2) is 7.54. The van der Waals surface area contributed by atoms with Crippen LogP contribution in [0.2, 0.25) is 0 Å². The minimum atomic E-state index is -0.266. The van der Waals surface area contributed by atoms with E-state index in [0.717, 1.165) is 44.0 Å². The molecule has 0 unspecified atom stereocenters. The number of hydrogen-bond donors (Lipinski definition) is 1. The molecule has 0 amide bonds. The minimum absolute atomic E-state index is 0.266. The van der Waals surface area contributed by atoms with Gasteiger partial charge in [-0.15, -0.1) is 0 Å². The van der Waals surface area contributed by atoms with Crippen LogP contribution < -0.4 is 5.32 Å². The SMILES string of the molecule is CCc1cccc2nc(-c3c(F)cccc3I)c(Nc3c(C)cccc3C)n12. The molecule has 0 atom stereocenters. The average Bonchev–Trinajstić information content (AvgIpc) is 3.03. The Balaban J connectivity index is 2.05. The van der Waals surface area contributed by atoms with E-state index in [1.807, 2.05) is 24.3 Å². The number of aromatic nitrogens is 2. The van der Waals surface area contributed by atoms with Gasteiger partial charge < -0.3 is 5.32 Å². The lowest BCUT2D eigenvalue weighted by molar-refractivity contribution is 0.630. The summed E-state index contributed by atoms with van der Waals surface area (Å²) in [6.45, 7) is 6.27. The fraction of sp³-hybridized carbons (Fsp3) is 0.174. The van der Waals surface area contributed by atoms with E-state index in [9.17, 15) is 4.39 Å². The van der Waals surface area contributed by atoms with Gasteiger partial charge in [-0.05, 0) is 78.3 Å². The summed E-state index contributed by atoms with van der Waals surface area (Å²) in [6, 6.07) is 17.4. The lowest BCUT2D eigenvalue weighted by atomic mass is 10.1. The van der Waals surface area contributed by atoms with Crippen molar-refractivity contribution in [3.63, 3.8) is 0 Å². The van der Waals surface area contributed by atoms with Crippen molar-refractivity contribution in [3.05, 3.63) is 80.8 Å². The normalized spacial score (nSPS) is 11.2. The van der Waals surface area contributed by atoms with Crippen LogP contribution in [-0.4, -0.2) is 9.38 Å². The first-order chi connectivity index (χ1) is 13.5. The van der Waals surface area contributed by atoms with Gasteiger partial charge in [0.15, 0.2) is 0 Å². The van der Waals surface area contributed by atoms with Crippen molar-refractivity contribution in [2.75, 3.05) is 5.32 Å². The zero-order valence-corrected chi connectivity index (χ0v) is 18.2. The molecule has 2 aromatic heterocycles. The van der Waals surface area contributed by atoms with Crippen molar-refractivity contribution < 1.29 is 4.39 Å². The Morgan fingerprint density at radius 1 is 1.00 bits per heavy atom. The Bertz CT molecular complexity index is 1140. The number of imidazole rings is 1. The first kappa shape index (κ1) is 18.9. The molecule has 5 heteroatoms. The van der Waals surface area contributed by atoms with Crippen molar-refractivity contribution in [2.24, 2.45) is 0 Å². The standard InChI is InChI=1S/C23H21FIN3/c1-4-16-10-6-13-19-26-22(20-17(24)11-7-12-18(20)25)23(28(16)19)27-21-14(2)8-5-9-15(21)3/h5-13,27H,4H2,1-3H3. The second-order valence-corrected chi connectivity index (χ2v) is 8.02. The molecule has 2 heterocycles. The maximum absolute atomic E-state index is 14.8. The molecule has 0 aliphatic heterocycles. The molecular formula is C23H21FIN3. The fourth-order valence-electron chi connectivity index (χ4n) is 3.58. The van der Waals surface area contributed by atoms with Crippen LogP contribution in [0.1, 0.15) is 23.7 Å². The predicted octanol–water partition coefficient (Wildman–Crippen LogP) is 6.67. The number of pyridine rings is 1. The zero-order valence-electron chi connectivity index (χ0n) is 16.1. The van der Waals surface area contributed by atoms with Crippen LogP contribution in [0.5, 0.6) is 0 Å². The summed E-state index contributed by atoms with van der Waals surface area (Å²) in [7, 11) is 0. The lowest BCUT2D eigenvalue weighted by Crippen LogP contribution is -2.04. The van der Waals surface area contributed by atoms with Gasteiger partial charge in [-0.25, -0.2) is 9.37 Å². The van der Waals surface area contributed by atoms with Gasteiger partial charge in [0.1, 0.15) is 23.0 Å². The van der Waals surface area contributed by atoms with Crippen molar-refractivity contribution in [3.8, 4) is 11.3 Å². The molecule has 142 valence electrons. The molecule has 0 fully saturated rings. The monoisotopic (exact) mass is 485 g/mol. The number of fused-ring (bicyclic) bond motifs is 1. The van der Waals surface area contributed by atoms with Gasteiger partial charge >= 0.3 is 0 Å². The third-order valence-electron chi connectivity index (χ3n) is 5.01. The van der Waals surface area contributed by atoms with E-state index >= 15 is 0 Å². The number of halogens is 2. The van der Waals surface area contributed by atoms with E-state index in [1.54, 1.807) is 6.07 Å². The second-order valence-electron chi connectivity index (χ2n) is 6.86. The van der Waals surface area contributed by atoms with Gasteiger partial charge in [0, 0.05) is 15.0 Å². The van der Waals surface area contributed by atoms with E-state index in [-0.39, 0.29) is 5.82 Å². The Labute approximate surface area is 177 Å². The molecule has 0 radical (unpaired) electrons. The number of nitrogens with one attached hydrogen (secondary N) is 1. The number of nitrogens with zero attached hydrogens (tertiary/aromatic N) is 2. The summed E-state index contributed by atoms with van der Waals surface area (Å²) < 4.78 is 17.8. The molecule has 0 saturated heterocycles. The van der Waals surface area contributed by atoms with E-state index in [2.05, 4.69) is 71.3 Å². The highest BCUT2D eigenvalue weighted by Crippen LogP contribution is 2.37. The van der Waals surface area contributed by atoms with Crippen LogP contribution in [0.25, 0.3) is 16.9 Å². The third kappa shape index (κ3) is 3.17. The molecular weight excluding hydrogens is 464 g/mol. The number of rotatable bonds is 4. The summed E-state index contributed by atoms with van der Waals surface area (Å²) in [4.78, 5) is 4.82. The quantitative estimate of drug-likeness (QED) is 0.328. The number of para-hydroxylation sites is 1. The van der Waals surface area contributed by atoms with Crippen LogP contribution in [0.3, 0.4) is 0 Å². The average molecular weight is 485 g/mol. The molecule has 0 aliphatic rings. The van der Waals surface area contributed by atoms with Crippen LogP contribution in [0.15, 0.2) is 54.6 Å². The Morgan fingerprint density at radius 2 is 1.68 bits per heavy atom. The van der Waals surface area contributed by atoms with Crippen molar-refractivity contribution in [1.29, 1.82) is 0 Å². The number of benzene rings is 2. The highest BCUT2D eigenvalue weighted by Gasteiger charge is 2.21. The van der Waals surface area contributed by atoms with Crippen molar-refractivity contribution >= 4 is 39.7 Å². The Kier molecular flexibility index (Phi) is 5.10. The first-order valence-electron chi connectivity index (χ1n) is 9.29. The number of anilines is 2. The summed E-state index contributed by atoms with van der Waals surface area (Å²) >= 11 is 2.18. The Hall–Kier alpha value is -2.41. The summed E-state index contributed by atoms with van der Waals surface area (Å²) in [5.41, 5.74) is 6.39. The van der Waals surface area contributed by atoms with E-state index in [1.165, 1.54) is 6.07 Å². The van der Waals surface area contributed by atoms with Gasteiger partial charge in [0.25, 0.3) is 0 Å². The van der Waals surface area contributed by atoms with Crippen LogP contribution in [-0.2, 0) is 6.42 Å². The number of aryl methyl sites for hydroxylation is 3. The highest BCUT2D eigenvalue weighted by molar-refractivity contribution is 14.1. The van der Waals surface area contributed by atoms with Crippen molar-refractivity contribution in [2.45, 2.75) is 27.2 Å². The smallest absolute Gasteiger partial charge is 0.143 e. The molecule has 2 aromatic carbocycles. The van der Waals surface area contributed by atoms with Crippen molar-refractivity contribution in [1.82, 2.24) is 9.38 Å². The molecule has 0 aliphatic carbocycles. The third-order valence-corrected chi connectivity index (χ3v) is 5.91. The molecule has 28 heavy (non-hydrogen) atoms. The molecule has 1 N–H and O–H groups in total. The number of hydrogen-bond acceptors (Lipinski definition) is 2. The van der Waals surface area contributed by atoms with E-state index in [4.69, 9.17) is 4.98 Å². The van der Waals surface area contributed by atoms with E-state index < -0.39 is 0 Å². The van der Waals surface area contributed by atoms with E-state index in [0.29, 0.717) is 11.3 Å². The summed E-state index contributed by atoms with van der Waals surface area (Å²) in [6.07, 6.45) is 0.850. The lowest BCUT2D eigenvalue weighted by Gasteiger charge is -2.16. The van der Waals surface area contributed by atoms with Crippen LogP contribution in [0, 0.1) is 23.2 Å². The topological polar surface area (TPSA) is 29.3 Å². The maximum atomic E-state index is 14.8. The summed E-state index contributed by atoms with van der Waals surface area (Å²) in [5.74, 6) is 0.533. The summed E-state index contributed by atoms with van der Waals surface area (Å²) in [5, 5.41) is 3.59. The van der Waals surface area contributed by atoms with Gasteiger partial charge in [0.05, 0.1) is 5.56 Å². The Morgan fingerprint density at radius 3 is 2.36 bits per heavy atom. The van der Waals surface area contributed by atoms with Crippen LogP contribution in [0.4, 0.5) is 15.9 Å². The molecule has 4 rings (SSSR count).